The molecule has 4 nitrogen and oxygen atoms in total. The van der Waals surface area contributed by atoms with Gasteiger partial charge >= 0.3 is 0 Å². The molecule has 1 aliphatic rings. The molecule has 0 spiro atoms. The fourth-order valence-corrected chi connectivity index (χ4v) is 4.07. The third-order valence-electron chi connectivity index (χ3n) is 5.56. The Morgan fingerprint density at radius 2 is 1.48 bits per heavy atom. The van der Waals surface area contributed by atoms with Gasteiger partial charge in [0.2, 0.25) is 23.0 Å². The highest BCUT2D eigenvalue weighted by atomic mass is 79.9. The van der Waals surface area contributed by atoms with Crippen molar-refractivity contribution in [3.05, 3.63) is 88.5 Å². The average Bonchev–Trinajstić information content (AvgIpc) is 2.99. The zero-order chi connectivity index (χ0) is 19.7. The zero-order valence-corrected chi connectivity index (χ0v) is 18.4. The Bertz CT molecular complexity index is 1050. The maximum atomic E-state index is 13.4. The summed E-state index contributed by atoms with van der Waals surface area (Å²) in [4.78, 5) is 26.7. The third kappa shape index (κ3) is 3.71. The van der Waals surface area contributed by atoms with Gasteiger partial charge < -0.3 is 17.0 Å². The van der Waals surface area contributed by atoms with Crippen LogP contribution in [0.3, 0.4) is 0 Å². The van der Waals surface area contributed by atoms with E-state index in [4.69, 9.17) is 0 Å². The third-order valence-corrected chi connectivity index (χ3v) is 5.56. The second kappa shape index (κ2) is 8.87. The van der Waals surface area contributed by atoms with E-state index < -0.39 is 0 Å². The molecule has 29 heavy (non-hydrogen) atoms. The van der Waals surface area contributed by atoms with Gasteiger partial charge in [0.05, 0.1) is 6.54 Å². The van der Waals surface area contributed by atoms with Gasteiger partial charge in [0.15, 0.2) is 0 Å². The van der Waals surface area contributed by atoms with E-state index in [1.807, 2.05) is 41.8 Å². The number of hydrogen-bond acceptors (Lipinski definition) is 2. The molecule has 150 valence electrons. The van der Waals surface area contributed by atoms with Crippen molar-refractivity contribution in [1.29, 1.82) is 0 Å². The van der Waals surface area contributed by atoms with E-state index in [2.05, 4.69) is 23.6 Å². The average molecular weight is 453 g/mol. The van der Waals surface area contributed by atoms with Gasteiger partial charge in [-0.2, -0.15) is 0 Å². The Labute approximate surface area is 182 Å². The molecule has 1 heterocycles. The molecule has 1 aromatic heterocycles. The number of imidazole rings is 1. The van der Waals surface area contributed by atoms with Gasteiger partial charge in [-0.25, -0.2) is 9.13 Å². The van der Waals surface area contributed by atoms with Crippen molar-refractivity contribution < 1.29 is 31.1 Å². The monoisotopic (exact) mass is 452 g/mol. The summed E-state index contributed by atoms with van der Waals surface area (Å²) in [5, 5.41) is 0. The fraction of sp³-hybridized carbons (Fsp3) is 0.292. The number of carbonyl (C=O) groups excluding carboxylic acids is 2. The number of aromatic nitrogens is 2. The van der Waals surface area contributed by atoms with Crippen molar-refractivity contribution in [3.8, 4) is 0 Å². The molecule has 0 atom stereocenters. The highest BCUT2D eigenvalue weighted by Gasteiger charge is 2.42. The summed E-state index contributed by atoms with van der Waals surface area (Å²) >= 11 is 0. The largest absolute Gasteiger partial charge is 1.00 e. The standard InChI is InChI=1S/C24H25N2O2.BrH/c1-3-4-10-15-25-17(2)26(16-18-11-6-5-7-12-18)22-21(25)23(27)19-13-8-9-14-20(19)24(22)28;/h5-9,11-14H,3-4,10,15-16H2,1-2H3;1H/q+1;/p-1. The quantitative estimate of drug-likeness (QED) is 0.324. The Hall–Kier alpha value is -2.53. The lowest BCUT2D eigenvalue weighted by atomic mass is 9.90. The van der Waals surface area contributed by atoms with Gasteiger partial charge in [0, 0.05) is 18.1 Å². The molecule has 0 amide bonds. The van der Waals surface area contributed by atoms with Crippen molar-refractivity contribution in [2.24, 2.45) is 0 Å². The van der Waals surface area contributed by atoms with Crippen LogP contribution >= 0.6 is 0 Å². The van der Waals surface area contributed by atoms with Crippen LogP contribution in [0.4, 0.5) is 0 Å². The van der Waals surface area contributed by atoms with Crippen LogP contribution in [-0.4, -0.2) is 16.1 Å². The minimum absolute atomic E-state index is 0. The molecule has 0 N–H and O–H groups in total. The van der Waals surface area contributed by atoms with Crippen LogP contribution in [0.15, 0.2) is 54.6 Å². The molecule has 4 rings (SSSR count). The van der Waals surface area contributed by atoms with Crippen molar-refractivity contribution in [2.75, 3.05) is 0 Å². The van der Waals surface area contributed by atoms with E-state index in [0.717, 1.165) is 37.2 Å². The van der Waals surface area contributed by atoms with E-state index in [-0.39, 0.29) is 28.5 Å². The van der Waals surface area contributed by atoms with Crippen LogP contribution < -0.4 is 21.5 Å². The lowest BCUT2D eigenvalue weighted by Gasteiger charge is -2.13. The first-order valence-corrected chi connectivity index (χ1v) is 9.98. The molecule has 1 aliphatic carbocycles. The number of rotatable bonds is 6. The fourth-order valence-electron chi connectivity index (χ4n) is 4.07. The number of hydrogen-bond donors (Lipinski definition) is 0. The number of carbonyl (C=O) groups is 2. The van der Waals surface area contributed by atoms with Gasteiger partial charge in [-0.1, -0.05) is 67.9 Å². The van der Waals surface area contributed by atoms with Crippen LogP contribution in [0.5, 0.6) is 0 Å². The Kier molecular flexibility index (Phi) is 6.48. The topological polar surface area (TPSA) is 43.0 Å². The molecule has 5 heteroatoms. The predicted octanol–water partition coefficient (Wildman–Crippen LogP) is 1.10. The number of unbranched alkanes of at least 4 members (excludes halogenated alkanes) is 2. The summed E-state index contributed by atoms with van der Waals surface area (Å²) in [6, 6.07) is 17.3. The van der Waals surface area contributed by atoms with E-state index in [1.54, 1.807) is 12.1 Å². The molecule has 0 aliphatic heterocycles. The molecule has 0 saturated carbocycles. The molecule has 2 aromatic carbocycles. The lowest BCUT2D eigenvalue weighted by molar-refractivity contribution is -0.695. The molecule has 0 saturated heterocycles. The summed E-state index contributed by atoms with van der Waals surface area (Å²) in [5.74, 6) is 0.856. The molecular formula is C24H25BrN2O2. The SMILES string of the molecule is CCCCCn1c2c([n+](Cc3ccccc3)c1C)C(=O)c1ccccc1C2=O.[Br-]. The number of nitrogens with zero attached hydrogens (tertiary/aromatic N) is 2. The molecule has 0 radical (unpaired) electrons. The Morgan fingerprint density at radius 3 is 2.14 bits per heavy atom. The van der Waals surface area contributed by atoms with Gasteiger partial charge in [-0.3, -0.25) is 9.59 Å². The van der Waals surface area contributed by atoms with Gasteiger partial charge in [-0.15, -0.1) is 0 Å². The van der Waals surface area contributed by atoms with E-state index >= 15 is 0 Å². The lowest BCUT2D eigenvalue weighted by Crippen LogP contribution is -3.00. The second-order valence-electron chi connectivity index (χ2n) is 7.38. The van der Waals surface area contributed by atoms with Crippen LogP contribution in [0.25, 0.3) is 0 Å². The summed E-state index contributed by atoms with van der Waals surface area (Å²) < 4.78 is 4.08. The second-order valence-corrected chi connectivity index (χ2v) is 7.38. The smallest absolute Gasteiger partial charge is 0.254 e. The zero-order valence-electron chi connectivity index (χ0n) is 16.8. The summed E-state index contributed by atoms with van der Waals surface area (Å²) in [5.41, 5.74) is 3.21. The first-order valence-electron chi connectivity index (χ1n) is 9.98. The van der Waals surface area contributed by atoms with E-state index in [0.29, 0.717) is 29.1 Å². The molecular weight excluding hydrogens is 428 g/mol. The maximum Gasteiger partial charge on any atom is 0.254 e. The van der Waals surface area contributed by atoms with Crippen molar-refractivity contribution >= 4 is 11.6 Å². The first kappa shape index (κ1) is 21.2. The van der Waals surface area contributed by atoms with Gasteiger partial charge in [0.1, 0.15) is 6.54 Å². The normalized spacial score (nSPS) is 12.3. The summed E-state index contributed by atoms with van der Waals surface area (Å²) in [6.45, 7) is 5.51. The number of ketones is 2. The maximum absolute atomic E-state index is 13.4. The van der Waals surface area contributed by atoms with Crippen LogP contribution in [0, 0.1) is 6.92 Å². The van der Waals surface area contributed by atoms with Gasteiger partial charge in [0.25, 0.3) is 5.82 Å². The van der Waals surface area contributed by atoms with Crippen molar-refractivity contribution in [2.45, 2.75) is 46.2 Å². The van der Waals surface area contributed by atoms with Crippen LogP contribution in [-0.2, 0) is 13.1 Å². The minimum Gasteiger partial charge on any atom is -1.00 e. The highest BCUT2D eigenvalue weighted by Crippen LogP contribution is 2.27. The number of benzene rings is 2. The molecule has 0 unspecified atom stereocenters. The predicted molar refractivity (Wildman–Crippen MR) is 108 cm³/mol. The summed E-state index contributed by atoms with van der Waals surface area (Å²) in [6.07, 6.45) is 3.21. The number of fused-ring (bicyclic) bond motifs is 2. The Balaban J connectivity index is 0.00000240. The molecule has 3 aromatic rings. The van der Waals surface area contributed by atoms with Gasteiger partial charge in [-0.05, 0) is 18.4 Å². The van der Waals surface area contributed by atoms with E-state index in [9.17, 15) is 9.59 Å². The van der Waals surface area contributed by atoms with Crippen LogP contribution in [0.1, 0.15) is 69.7 Å². The minimum atomic E-state index is -0.0570. The van der Waals surface area contributed by atoms with Crippen LogP contribution in [0.2, 0.25) is 0 Å². The molecule has 0 bridgehead atoms. The Morgan fingerprint density at radius 1 is 0.862 bits per heavy atom. The number of halogens is 1. The summed E-state index contributed by atoms with van der Waals surface area (Å²) in [7, 11) is 0. The highest BCUT2D eigenvalue weighted by molar-refractivity contribution is 6.26. The van der Waals surface area contributed by atoms with E-state index in [1.165, 1.54) is 0 Å². The molecule has 0 fully saturated rings. The van der Waals surface area contributed by atoms with Crippen molar-refractivity contribution in [3.63, 3.8) is 0 Å². The van der Waals surface area contributed by atoms with Crippen molar-refractivity contribution in [1.82, 2.24) is 4.57 Å². The first-order chi connectivity index (χ1) is 13.6.